The molecule has 1 aromatic heterocycles. The highest BCUT2D eigenvalue weighted by atomic mass is 16.4. The van der Waals surface area contributed by atoms with Crippen LogP contribution in [0.3, 0.4) is 0 Å². The maximum Gasteiger partial charge on any atom is 0.223 e. The standard InChI is InChI=1S/C7H10N2O/c1-4-5(2)7-9-8-6(3)10-7/h4-5H,1H2,2-3H3. The fourth-order valence-electron chi connectivity index (χ4n) is 0.597. The van der Waals surface area contributed by atoms with Gasteiger partial charge >= 0.3 is 0 Å². The van der Waals surface area contributed by atoms with Gasteiger partial charge in [-0.2, -0.15) is 0 Å². The molecule has 3 heteroatoms. The summed E-state index contributed by atoms with van der Waals surface area (Å²) in [5.74, 6) is 1.39. The van der Waals surface area contributed by atoms with Crippen LogP contribution in [0.4, 0.5) is 0 Å². The monoisotopic (exact) mass is 138 g/mol. The average molecular weight is 138 g/mol. The molecule has 1 atom stereocenters. The van der Waals surface area contributed by atoms with Gasteiger partial charge in [-0.3, -0.25) is 0 Å². The predicted octanol–water partition coefficient (Wildman–Crippen LogP) is 1.67. The quantitative estimate of drug-likeness (QED) is 0.583. The van der Waals surface area contributed by atoms with Crippen LogP contribution in [0.15, 0.2) is 17.1 Å². The summed E-state index contributed by atoms with van der Waals surface area (Å²) in [6.07, 6.45) is 1.77. The van der Waals surface area contributed by atoms with E-state index in [1.54, 1.807) is 13.0 Å². The van der Waals surface area contributed by atoms with Crippen molar-refractivity contribution < 1.29 is 4.42 Å². The van der Waals surface area contributed by atoms with Crippen LogP contribution in [0, 0.1) is 6.92 Å². The summed E-state index contributed by atoms with van der Waals surface area (Å²) >= 11 is 0. The highest BCUT2D eigenvalue weighted by Gasteiger charge is 2.06. The number of rotatable bonds is 2. The normalized spacial score (nSPS) is 13.0. The molecule has 0 saturated carbocycles. The maximum absolute atomic E-state index is 5.14. The molecule has 54 valence electrons. The summed E-state index contributed by atoms with van der Waals surface area (Å²) in [7, 11) is 0. The van der Waals surface area contributed by atoms with Crippen molar-refractivity contribution in [1.82, 2.24) is 10.2 Å². The van der Waals surface area contributed by atoms with Crippen molar-refractivity contribution >= 4 is 0 Å². The molecule has 0 fully saturated rings. The number of hydrogen-bond acceptors (Lipinski definition) is 3. The Bertz CT molecular complexity index is 229. The van der Waals surface area contributed by atoms with Crippen molar-refractivity contribution in [3.05, 3.63) is 24.4 Å². The molecule has 10 heavy (non-hydrogen) atoms. The number of nitrogens with zero attached hydrogens (tertiary/aromatic N) is 2. The zero-order valence-corrected chi connectivity index (χ0v) is 6.16. The van der Waals surface area contributed by atoms with Crippen LogP contribution >= 0.6 is 0 Å². The first-order valence-corrected chi connectivity index (χ1v) is 3.16. The van der Waals surface area contributed by atoms with Gasteiger partial charge in [0.1, 0.15) is 0 Å². The molecule has 1 rings (SSSR count). The fourth-order valence-corrected chi connectivity index (χ4v) is 0.597. The van der Waals surface area contributed by atoms with Crippen LogP contribution in [0.1, 0.15) is 24.6 Å². The topological polar surface area (TPSA) is 38.9 Å². The average Bonchev–Trinajstić information content (AvgIpc) is 2.34. The third-order valence-electron chi connectivity index (χ3n) is 1.28. The lowest BCUT2D eigenvalue weighted by Crippen LogP contribution is -1.87. The van der Waals surface area contributed by atoms with Crippen molar-refractivity contribution in [3.8, 4) is 0 Å². The van der Waals surface area contributed by atoms with Crippen LogP contribution in [0.5, 0.6) is 0 Å². The lowest BCUT2D eigenvalue weighted by molar-refractivity contribution is 0.459. The van der Waals surface area contributed by atoms with Gasteiger partial charge in [-0.05, 0) is 0 Å². The Hall–Kier alpha value is -1.12. The van der Waals surface area contributed by atoms with E-state index >= 15 is 0 Å². The molecule has 0 aliphatic heterocycles. The first-order valence-electron chi connectivity index (χ1n) is 3.16. The Morgan fingerprint density at radius 1 is 1.60 bits per heavy atom. The first kappa shape index (κ1) is 6.99. The zero-order chi connectivity index (χ0) is 7.56. The predicted molar refractivity (Wildman–Crippen MR) is 37.6 cm³/mol. The molecule has 0 amide bonds. The minimum atomic E-state index is 0.154. The van der Waals surface area contributed by atoms with E-state index in [1.807, 2.05) is 6.92 Å². The van der Waals surface area contributed by atoms with E-state index in [0.29, 0.717) is 11.8 Å². The largest absolute Gasteiger partial charge is 0.425 e. The van der Waals surface area contributed by atoms with Crippen LogP contribution in [-0.2, 0) is 0 Å². The molecule has 0 radical (unpaired) electrons. The molecule has 0 aliphatic carbocycles. The number of aromatic nitrogens is 2. The van der Waals surface area contributed by atoms with Gasteiger partial charge in [0.05, 0.1) is 5.92 Å². The Morgan fingerprint density at radius 3 is 2.70 bits per heavy atom. The third-order valence-corrected chi connectivity index (χ3v) is 1.28. The first-order chi connectivity index (χ1) is 4.74. The van der Waals surface area contributed by atoms with E-state index < -0.39 is 0 Å². The molecule has 1 heterocycles. The van der Waals surface area contributed by atoms with Crippen LogP contribution in [0.25, 0.3) is 0 Å². The Balaban J connectivity index is 2.84. The Labute approximate surface area is 59.8 Å². The summed E-state index contributed by atoms with van der Waals surface area (Å²) in [5, 5.41) is 7.52. The highest BCUT2D eigenvalue weighted by molar-refractivity contribution is 4.97. The summed E-state index contributed by atoms with van der Waals surface area (Å²) in [4.78, 5) is 0. The summed E-state index contributed by atoms with van der Waals surface area (Å²) in [6, 6.07) is 0. The summed E-state index contributed by atoms with van der Waals surface area (Å²) in [6.45, 7) is 7.35. The SMILES string of the molecule is C=CC(C)c1nnc(C)o1. The van der Waals surface area contributed by atoms with Gasteiger partial charge in [-0.25, -0.2) is 0 Å². The van der Waals surface area contributed by atoms with Crippen LogP contribution in [0.2, 0.25) is 0 Å². The van der Waals surface area contributed by atoms with Crippen LogP contribution in [-0.4, -0.2) is 10.2 Å². The molecule has 3 nitrogen and oxygen atoms in total. The van der Waals surface area contributed by atoms with E-state index in [1.165, 1.54) is 0 Å². The third kappa shape index (κ3) is 1.23. The number of aryl methyl sites for hydroxylation is 1. The second kappa shape index (κ2) is 2.64. The molecule has 0 N–H and O–H groups in total. The maximum atomic E-state index is 5.14. The second-order valence-electron chi connectivity index (χ2n) is 2.18. The molecule has 1 aromatic rings. The van der Waals surface area contributed by atoms with E-state index in [2.05, 4.69) is 16.8 Å². The van der Waals surface area contributed by atoms with E-state index in [9.17, 15) is 0 Å². The van der Waals surface area contributed by atoms with E-state index in [0.717, 1.165) is 0 Å². The molecule has 0 aliphatic rings. The van der Waals surface area contributed by atoms with Gasteiger partial charge in [0.15, 0.2) is 0 Å². The lowest BCUT2D eigenvalue weighted by Gasteiger charge is -1.94. The van der Waals surface area contributed by atoms with E-state index in [-0.39, 0.29) is 5.92 Å². The molecule has 1 unspecified atom stereocenters. The Morgan fingerprint density at radius 2 is 2.30 bits per heavy atom. The van der Waals surface area contributed by atoms with Gasteiger partial charge in [-0.15, -0.1) is 16.8 Å². The molecular formula is C7H10N2O. The molecule has 0 aromatic carbocycles. The van der Waals surface area contributed by atoms with Gasteiger partial charge in [0.25, 0.3) is 0 Å². The lowest BCUT2D eigenvalue weighted by atomic mass is 10.2. The fraction of sp³-hybridized carbons (Fsp3) is 0.429. The zero-order valence-electron chi connectivity index (χ0n) is 6.16. The minimum Gasteiger partial charge on any atom is -0.425 e. The van der Waals surface area contributed by atoms with Crippen molar-refractivity contribution in [2.45, 2.75) is 19.8 Å². The van der Waals surface area contributed by atoms with E-state index in [4.69, 9.17) is 4.42 Å². The smallest absolute Gasteiger partial charge is 0.223 e. The summed E-state index contributed by atoms with van der Waals surface area (Å²) < 4.78 is 5.14. The van der Waals surface area contributed by atoms with Crippen molar-refractivity contribution in [2.75, 3.05) is 0 Å². The van der Waals surface area contributed by atoms with Crippen molar-refractivity contribution in [3.63, 3.8) is 0 Å². The van der Waals surface area contributed by atoms with Crippen molar-refractivity contribution in [1.29, 1.82) is 0 Å². The molecular weight excluding hydrogens is 128 g/mol. The Kier molecular flexibility index (Phi) is 1.85. The molecule has 0 saturated heterocycles. The van der Waals surface area contributed by atoms with Gasteiger partial charge in [0.2, 0.25) is 11.8 Å². The number of hydrogen-bond donors (Lipinski definition) is 0. The highest BCUT2D eigenvalue weighted by Crippen LogP contribution is 2.12. The van der Waals surface area contributed by atoms with Gasteiger partial charge in [-0.1, -0.05) is 13.0 Å². The van der Waals surface area contributed by atoms with Crippen molar-refractivity contribution in [2.24, 2.45) is 0 Å². The minimum absolute atomic E-state index is 0.154. The molecule has 0 spiro atoms. The number of allylic oxidation sites excluding steroid dienone is 1. The summed E-state index contributed by atoms with van der Waals surface area (Å²) in [5.41, 5.74) is 0. The second-order valence-corrected chi connectivity index (χ2v) is 2.18. The van der Waals surface area contributed by atoms with Gasteiger partial charge in [0, 0.05) is 6.92 Å². The van der Waals surface area contributed by atoms with Crippen LogP contribution < -0.4 is 0 Å². The van der Waals surface area contributed by atoms with Gasteiger partial charge < -0.3 is 4.42 Å². The molecule has 0 bridgehead atoms.